The Kier molecular flexibility index (Phi) is 7.80. The maximum atomic E-state index is 12.1. The first kappa shape index (κ1) is 29.2. The molecule has 14 nitrogen and oxygen atoms in total. The third kappa shape index (κ3) is 6.01. The Labute approximate surface area is 239 Å². The number of carbonyl (C=O) groups excluding carboxylic acids is 3. The van der Waals surface area contributed by atoms with E-state index in [1.54, 1.807) is 29.0 Å². The SMILES string of the molecule is O=C(CCCCC[n+]1ccccc1-c1nc2c(o1)c(S(=O)(=O)[O-])cc1cc(S(=O)(=O)[O-])ccc12)ON1C(=O)CCC1=O. The van der Waals surface area contributed by atoms with E-state index in [1.807, 2.05) is 0 Å². The number of hydroxylamine groups is 2. The maximum Gasteiger partial charge on any atom is 0.333 e. The fourth-order valence-corrected chi connectivity index (χ4v) is 5.74. The molecule has 42 heavy (non-hydrogen) atoms. The van der Waals surface area contributed by atoms with Crippen molar-refractivity contribution < 1.29 is 54.1 Å². The average Bonchev–Trinajstić information content (AvgIpc) is 3.50. The molecule has 1 fully saturated rings. The molecule has 4 aromatic rings. The first-order valence-electron chi connectivity index (χ1n) is 12.7. The monoisotopic (exact) mass is 616 g/mol. The van der Waals surface area contributed by atoms with Crippen LogP contribution in [0.1, 0.15) is 38.5 Å². The zero-order valence-electron chi connectivity index (χ0n) is 21.7. The molecule has 3 heterocycles. The molecule has 0 bridgehead atoms. The molecule has 0 N–H and O–H groups in total. The van der Waals surface area contributed by atoms with Crippen LogP contribution in [0.15, 0.2) is 62.9 Å². The third-order valence-corrected chi connectivity index (χ3v) is 8.29. The number of pyridine rings is 1. The maximum absolute atomic E-state index is 12.1. The highest BCUT2D eigenvalue weighted by Gasteiger charge is 2.32. The van der Waals surface area contributed by atoms with E-state index in [4.69, 9.17) is 9.25 Å². The topological polar surface area (TPSA) is 208 Å². The number of oxazole rings is 1. The van der Waals surface area contributed by atoms with E-state index in [1.165, 1.54) is 6.07 Å². The van der Waals surface area contributed by atoms with E-state index in [-0.39, 0.29) is 47.0 Å². The summed E-state index contributed by atoms with van der Waals surface area (Å²) < 4.78 is 78.2. The van der Waals surface area contributed by atoms with Gasteiger partial charge in [-0.2, -0.15) is 4.57 Å². The Morgan fingerprint density at radius 3 is 2.40 bits per heavy atom. The number of rotatable bonds is 10. The zero-order valence-corrected chi connectivity index (χ0v) is 23.4. The molecule has 0 unspecified atom stereocenters. The van der Waals surface area contributed by atoms with Crippen LogP contribution < -0.4 is 4.57 Å². The van der Waals surface area contributed by atoms with E-state index < -0.39 is 47.8 Å². The number of hydrogen-bond acceptors (Lipinski definition) is 12. The van der Waals surface area contributed by atoms with Gasteiger partial charge in [-0.05, 0) is 42.5 Å². The van der Waals surface area contributed by atoms with Gasteiger partial charge >= 0.3 is 5.97 Å². The van der Waals surface area contributed by atoms with Crippen molar-refractivity contribution in [1.82, 2.24) is 10.0 Å². The summed E-state index contributed by atoms with van der Waals surface area (Å²) in [6.45, 7) is 0.436. The van der Waals surface area contributed by atoms with Gasteiger partial charge in [-0.3, -0.25) is 9.59 Å². The van der Waals surface area contributed by atoms with Gasteiger partial charge in [0.1, 0.15) is 32.3 Å². The minimum atomic E-state index is -5.09. The second-order valence-corrected chi connectivity index (χ2v) is 12.2. The number of benzene rings is 2. The molecule has 1 aliphatic heterocycles. The van der Waals surface area contributed by atoms with E-state index in [2.05, 4.69) is 4.98 Å². The summed E-state index contributed by atoms with van der Waals surface area (Å²) in [4.78, 5) is 43.1. The van der Waals surface area contributed by atoms with Crippen LogP contribution in [-0.2, 0) is 46.0 Å². The highest BCUT2D eigenvalue weighted by Crippen LogP contribution is 2.35. The fraction of sp³-hybridized carbons (Fsp3) is 0.269. The summed E-state index contributed by atoms with van der Waals surface area (Å²) in [5, 5.41) is 0.782. The molecule has 0 saturated carbocycles. The first-order chi connectivity index (χ1) is 19.8. The lowest BCUT2D eigenvalue weighted by Gasteiger charge is -2.12. The van der Waals surface area contributed by atoms with E-state index in [0.717, 1.165) is 18.2 Å². The summed E-state index contributed by atoms with van der Waals surface area (Å²) in [5.41, 5.74) is 0.130. The number of hydrogen-bond donors (Lipinski definition) is 0. The molecule has 0 radical (unpaired) electrons. The Bertz CT molecular complexity index is 1950. The molecule has 2 aromatic carbocycles. The van der Waals surface area contributed by atoms with Gasteiger partial charge < -0.3 is 18.4 Å². The van der Waals surface area contributed by atoms with Crippen LogP contribution in [0.3, 0.4) is 0 Å². The van der Waals surface area contributed by atoms with Crippen LogP contribution in [0.25, 0.3) is 33.5 Å². The van der Waals surface area contributed by atoms with Crippen molar-refractivity contribution in [1.29, 1.82) is 0 Å². The first-order valence-corrected chi connectivity index (χ1v) is 15.5. The van der Waals surface area contributed by atoms with Gasteiger partial charge in [-0.1, -0.05) is 6.07 Å². The number of aromatic nitrogens is 2. The number of aryl methyl sites for hydroxylation is 1. The van der Waals surface area contributed by atoms with Crippen LogP contribution in [-0.4, -0.2) is 53.8 Å². The Morgan fingerprint density at radius 1 is 0.976 bits per heavy atom. The van der Waals surface area contributed by atoms with Crippen molar-refractivity contribution in [2.24, 2.45) is 0 Å². The van der Waals surface area contributed by atoms with Gasteiger partial charge in [0.25, 0.3) is 23.4 Å². The number of unbranched alkanes of at least 4 members (excludes halogenated alkanes) is 2. The highest BCUT2D eigenvalue weighted by atomic mass is 32.2. The van der Waals surface area contributed by atoms with Gasteiger partial charge in [0.2, 0.25) is 0 Å². The number of imide groups is 1. The Hall–Kier alpha value is -4.25. The smallest absolute Gasteiger partial charge is 0.333 e. The summed E-state index contributed by atoms with van der Waals surface area (Å²) in [6.07, 6.45) is 3.37. The number of amides is 2. The van der Waals surface area contributed by atoms with Gasteiger partial charge in [0.15, 0.2) is 11.8 Å². The summed E-state index contributed by atoms with van der Waals surface area (Å²) in [7, 11) is -9.93. The van der Waals surface area contributed by atoms with Crippen molar-refractivity contribution in [3.05, 3.63) is 48.7 Å². The second-order valence-electron chi connectivity index (χ2n) is 9.50. The van der Waals surface area contributed by atoms with Gasteiger partial charge in [-0.15, -0.1) is 5.06 Å². The number of fused-ring (bicyclic) bond motifs is 3. The van der Waals surface area contributed by atoms with Crippen molar-refractivity contribution in [2.45, 2.75) is 54.9 Å². The van der Waals surface area contributed by atoms with Crippen LogP contribution in [0.4, 0.5) is 0 Å². The minimum Gasteiger partial charge on any atom is -0.744 e. The second kappa shape index (κ2) is 11.2. The predicted molar refractivity (Wildman–Crippen MR) is 139 cm³/mol. The summed E-state index contributed by atoms with van der Waals surface area (Å²) in [6, 6.07) is 9.39. The van der Waals surface area contributed by atoms with E-state index in [0.29, 0.717) is 36.6 Å². The van der Waals surface area contributed by atoms with Crippen molar-refractivity contribution in [2.75, 3.05) is 0 Å². The molecular formula is C26H22N3O11S2-. The predicted octanol–water partition coefficient (Wildman–Crippen LogP) is 1.91. The van der Waals surface area contributed by atoms with Crippen molar-refractivity contribution in [3.8, 4) is 11.6 Å². The molecule has 16 heteroatoms. The molecule has 1 saturated heterocycles. The lowest BCUT2D eigenvalue weighted by atomic mass is 10.1. The molecule has 1 aliphatic rings. The average molecular weight is 617 g/mol. The summed E-state index contributed by atoms with van der Waals surface area (Å²) >= 11 is 0. The summed E-state index contributed by atoms with van der Waals surface area (Å²) in [5.74, 6) is -1.79. The molecule has 220 valence electrons. The third-order valence-electron chi connectivity index (χ3n) is 6.61. The highest BCUT2D eigenvalue weighted by molar-refractivity contribution is 7.86. The normalized spacial score (nSPS) is 14.3. The van der Waals surface area contributed by atoms with E-state index >= 15 is 0 Å². The zero-order chi connectivity index (χ0) is 30.2. The molecule has 2 aromatic heterocycles. The van der Waals surface area contributed by atoms with Gasteiger partial charge in [0, 0.05) is 43.2 Å². The molecular weight excluding hydrogens is 594 g/mol. The minimum absolute atomic E-state index is 0.00335. The van der Waals surface area contributed by atoms with Crippen LogP contribution in [0.2, 0.25) is 0 Å². The molecule has 0 aliphatic carbocycles. The van der Waals surface area contributed by atoms with Crippen LogP contribution >= 0.6 is 0 Å². The Morgan fingerprint density at radius 2 is 1.71 bits per heavy atom. The molecule has 0 spiro atoms. The Balaban J connectivity index is 1.36. The molecule has 2 amide bonds. The molecule has 5 rings (SSSR count). The lowest BCUT2D eigenvalue weighted by molar-refractivity contribution is -0.687. The van der Waals surface area contributed by atoms with Crippen molar-refractivity contribution >= 4 is 59.9 Å². The number of nitrogens with zero attached hydrogens (tertiary/aromatic N) is 3. The fourth-order valence-electron chi connectivity index (χ4n) is 4.60. The van der Waals surface area contributed by atoms with Gasteiger partial charge in [0.05, 0.1) is 9.79 Å². The quantitative estimate of drug-likeness (QED) is 0.108. The standard InChI is InChI=1S/C26H23N3O11S2/c30-21-10-11-22(31)29(21)40-23(32)7-2-1-4-12-28-13-5-3-6-19(28)26-27-24-18-9-8-17(41(33,34)35)14-16(18)15-20(25(24)39-26)42(36,37)38/h3,5-6,8-9,13-15H,1-2,4,7,10-12H2,(H-,33,34,35,36,37,38)/p-1. The van der Waals surface area contributed by atoms with Crippen LogP contribution in [0.5, 0.6) is 0 Å². The van der Waals surface area contributed by atoms with Crippen molar-refractivity contribution in [3.63, 3.8) is 0 Å². The van der Waals surface area contributed by atoms with Crippen LogP contribution in [0, 0.1) is 0 Å². The van der Waals surface area contributed by atoms with E-state index in [9.17, 15) is 40.3 Å². The largest absolute Gasteiger partial charge is 0.744 e. The molecule has 0 atom stereocenters. The van der Waals surface area contributed by atoms with Gasteiger partial charge in [-0.25, -0.2) is 26.6 Å². The lowest BCUT2D eigenvalue weighted by Crippen LogP contribution is -2.35. The number of carbonyl (C=O) groups is 3.